The predicted octanol–water partition coefficient (Wildman–Crippen LogP) is 1.52. The van der Waals surface area contributed by atoms with Crippen molar-refractivity contribution in [2.75, 3.05) is 12.4 Å². The first-order valence-corrected chi connectivity index (χ1v) is 5.33. The van der Waals surface area contributed by atoms with Crippen molar-refractivity contribution >= 4 is 5.69 Å². The zero-order valence-corrected chi connectivity index (χ0v) is 9.60. The Morgan fingerprint density at radius 3 is 3.00 bits per heavy atom. The fourth-order valence-corrected chi connectivity index (χ4v) is 1.59. The van der Waals surface area contributed by atoms with E-state index in [1.54, 1.807) is 19.5 Å². The molecule has 0 radical (unpaired) electrons. The van der Waals surface area contributed by atoms with Gasteiger partial charge in [0.15, 0.2) is 0 Å². The van der Waals surface area contributed by atoms with E-state index >= 15 is 0 Å². The van der Waals surface area contributed by atoms with Crippen molar-refractivity contribution in [1.82, 2.24) is 9.97 Å². The summed E-state index contributed by atoms with van der Waals surface area (Å²) < 4.78 is 5.14. The lowest BCUT2D eigenvalue weighted by Crippen LogP contribution is -2.02. The van der Waals surface area contributed by atoms with Gasteiger partial charge in [-0.1, -0.05) is 0 Å². The molecule has 1 aromatic heterocycles. The molecule has 5 nitrogen and oxygen atoms in total. The van der Waals surface area contributed by atoms with Crippen LogP contribution in [-0.4, -0.2) is 22.2 Å². The Bertz CT molecular complexity index is 469. The van der Waals surface area contributed by atoms with Crippen LogP contribution in [0.4, 0.5) is 5.69 Å². The van der Waals surface area contributed by atoms with Crippen LogP contribution in [0.1, 0.15) is 11.4 Å². The van der Waals surface area contributed by atoms with Crippen molar-refractivity contribution in [3.63, 3.8) is 0 Å². The lowest BCUT2D eigenvalue weighted by molar-refractivity contribution is 0.274. The maximum atomic E-state index is 9.20. The minimum absolute atomic E-state index is 0.0422. The van der Waals surface area contributed by atoms with Crippen LogP contribution >= 0.6 is 0 Å². The summed E-state index contributed by atoms with van der Waals surface area (Å²) in [6, 6.07) is 5.60. The molecule has 0 bridgehead atoms. The van der Waals surface area contributed by atoms with Crippen molar-refractivity contribution in [3.05, 3.63) is 42.0 Å². The molecule has 0 spiro atoms. The number of methoxy groups -OCH3 is 1. The topological polar surface area (TPSA) is 70.2 Å². The van der Waals surface area contributed by atoms with Crippen LogP contribution in [0.2, 0.25) is 0 Å². The number of hydrogen-bond acceptors (Lipinski definition) is 4. The molecule has 0 unspecified atom stereocenters. The molecular formula is C12H15N3O2. The first-order chi connectivity index (χ1) is 8.33. The molecule has 0 atom stereocenters. The molecule has 0 saturated heterocycles. The van der Waals surface area contributed by atoms with E-state index in [1.807, 2.05) is 18.2 Å². The molecule has 90 valence electrons. The number of aliphatic hydroxyl groups excluding tert-OH is 1. The molecule has 2 aromatic rings. The first kappa shape index (κ1) is 11.5. The summed E-state index contributed by atoms with van der Waals surface area (Å²) in [5.41, 5.74) is 1.68. The molecule has 0 aliphatic carbocycles. The van der Waals surface area contributed by atoms with Crippen molar-refractivity contribution < 1.29 is 9.84 Å². The average molecular weight is 233 g/mol. The van der Waals surface area contributed by atoms with Crippen LogP contribution in [0.15, 0.2) is 30.6 Å². The van der Waals surface area contributed by atoms with Gasteiger partial charge < -0.3 is 20.1 Å². The SMILES string of the molecule is COc1ccc(NCc2ncc[nH]2)cc1CO. The smallest absolute Gasteiger partial charge is 0.125 e. The van der Waals surface area contributed by atoms with Crippen LogP contribution in [0.5, 0.6) is 5.75 Å². The van der Waals surface area contributed by atoms with E-state index < -0.39 is 0 Å². The van der Waals surface area contributed by atoms with Crippen molar-refractivity contribution in [3.8, 4) is 5.75 Å². The van der Waals surface area contributed by atoms with Crippen molar-refractivity contribution in [2.24, 2.45) is 0 Å². The van der Waals surface area contributed by atoms with E-state index in [4.69, 9.17) is 4.74 Å². The number of hydrogen-bond donors (Lipinski definition) is 3. The summed E-state index contributed by atoms with van der Waals surface area (Å²) in [5.74, 6) is 1.56. The van der Waals surface area contributed by atoms with Gasteiger partial charge in [-0.3, -0.25) is 0 Å². The quantitative estimate of drug-likeness (QED) is 0.732. The minimum atomic E-state index is -0.0422. The van der Waals surface area contributed by atoms with Gasteiger partial charge in [-0.25, -0.2) is 4.98 Å². The number of anilines is 1. The normalized spacial score (nSPS) is 10.2. The zero-order chi connectivity index (χ0) is 12.1. The maximum absolute atomic E-state index is 9.20. The number of aliphatic hydroxyl groups is 1. The molecule has 5 heteroatoms. The summed E-state index contributed by atoms with van der Waals surface area (Å²) >= 11 is 0. The standard InChI is InChI=1S/C12H15N3O2/c1-17-11-3-2-10(6-9(11)8-16)15-7-12-13-4-5-14-12/h2-6,15-16H,7-8H2,1H3,(H,13,14). The number of nitrogens with zero attached hydrogens (tertiary/aromatic N) is 1. The summed E-state index contributed by atoms with van der Waals surface area (Å²) in [5, 5.41) is 12.4. The van der Waals surface area contributed by atoms with Crippen molar-refractivity contribution in [2.45, 2.75) is 13.2 Å². The lowest BCUT2D eigenvalue weighted by Gasteiger charge is -2.10. The molecule has 0 aliphatic rings. The maximum Gasteiger partial charge on any atom is 0.125 e. The van der Waals surface area contributed by atoms with E-state index in [9.17, 15) is 5.11 Å². The van der Waals surface area contributed by atoms with E-state index in [0.29, 0.717) is 12.3 Å². The Labute approximate surface area is 99.5 Å². The minimum Gasteiger partial charge on any atom is -0.496 e. The van der Waals surface area contributed by atoms with Gasteiger partial charge in [0.1, 0.15) is 11.6 Å². The number of aromatic nitrogens is 2. The molecule has 1 heterocycles. The highest BCUT2D eigenvalue weighted by molar-refractivity contribution is 5.51. The Kier molecular flexibility index (Phi) is 3.62. The van der Waals surface area contributed by atoms with Crippen LogP contribution < -0.4 is 10.1 Å². The second-order valence-electron chi connectivity index (χ2n) is 3.57. The number of H-pyrrole nitrogens is 1. The third-order valence-electron chi connectivity index (χ3n) is 2.47. The summed E-state index contributed by atoms with van der Waals surface area (Å²) in [6.07, 6.45) is 3.49. The first-order valence-electron chi connectivity index (χ1n) is 5.33. The van der Waals surface area contributed by atoms with Crippen LogP contribution in [0, 0.1) is 0 Å². The van der Waals surface area contributed by atoms with Crippen LogP contribution in [0.25, 0.3) is 0 Å². The van der Waals surface area contributed by atoms with Gasteiger partial charge >= 0.3 is 0 Å². The monoisotopic (exact) mass is 233 g/mol. The number of rotatable bonds is 5. The number of ether oxygens (including phenoxy) is 1. The van der Waals surface area contributed by atoms with Crippen LogP contribution in [0.3, 0.4) is 0 Å². The molecular weight excluding hydrogens is 218 g/mol. The van der Waals surface area contributed by atoms with Gasteiger partial charge in [0, 0.05) is 23.6 Å². The third-order valence-corrected chi connectivity index (χ3v) is 2.47. The average Bonchev–Trinajstić information content (AvgIpc) is 2.89. The van der Waals surface area contributed by atoms with E-state index in [-0.39, 0.29) is 6.61 Å². The predicted molar refractivity (Wildman–Crippen MR) is 64.8 cm³/mol. The second-order valence-corrected chi connectivity index (χ2v) is 3.57. The zero-order valence-electron chi connectivity index (χ0n) is 9.60. The second kappa shape index (κ2) is 5.36. The summed E-state index contributed by atoms with van der Waals surface area (Å²) in [4.78, 5) is 7.13. The Morgan fingerprint density at radius 1 is 1.47 bits per heavy atom. The van der Waals surface area contributed by atoms with Crippen LogP contribution in [-0.2, 0) is 13.2 Å². The summed E-state index contributed by atoms with van der Waals surface area (Å²) in [6.45, 7) is 0.573. The van der Waals surface area contributed by atoms with E-state index in [1.165, 1.54) is 0 Å². The molecule has 1 aromatic carbocycles. The fraction of sp³-hybridized carbons (Fsp3) is 0.250. The Morgan fingerprint density at radius 2 is 2.35 bits per heavy atom. The molecule has 0 amide bonds. The van der Waals surface area contributed by atoms with Gasteiger partial charge in [0.05, 0.1) is 20.3 Å². The number of aromatic amines is 1. The number of imidazole rings is 1. The van der Waals surface area contributed by atoms with E-state index in [2.05, 4.69) is 15.3 Å². The molecule has 2 rings (SSSR count). The molecule has 0 aliphatic heterocycles. The third kappa shape index (κ3) is 2.76. The van der Waals surface area contributed by atoms with Gasteiger partial charge in [-0.2, -0.15) is 0 Å². The van der Waals surface area contributed by atoms with E-state index in [0.717, 1.165) is 17.1 Å². The Hall–Kier alpha value is -2.01. The molecule has 0 fully saturated rings. The Balaban J connectivity index is 2.06. The van der Waals surface area contributed by atoms with Gasteiger partial charge in [-0.15, -0.1) is 0 Å². The highest BCUT2D eigenvalue weighted by Crippen LogP contribution is 2.22. The van der Waals surface area contributed by atoms with Gasteiger partial charge in [0.25, 0.3) is 0 Å². The van der Waals surface area contributed by atoms with Gasteiger partial charge in [-0.05, 0) is 18.2 Å². The summed E-state index contributed by atoms with van der Waals surface area (Å²) in [7, 11) is 1.59. The molecule has 17 heavy (non-hydrogen) atoms. The number of nitrogens with one attached hydrogen (secondary N) is 2. The van der Waals surface area contributed by atoms with Gasteiger partial charge in [0.2, 0.25) is 0 Å². The van der Waals surface area contributed by atoms with Crippen molar-refractivity contribution in [1.29, 1.82) is 0 Å². The molecule has 3 N–H and O–H groups in total. The fourth-order valence-electron chi connectivity index (χ4n) is 1.59. The number of benzene rings is 1. The highest BCUT2D eigenvalue weighted by Gasteiger charge is 2.03. The lowest BCUT2D eigenvalue weighted by atomic mass is 10.2. The highest BCUT2D eigenvalue weighted by atomic mass is 16.5. The molecule has 0 saturated carbocycles. The largest absolute Gasteiger partial charge is 0.496 e.